The molecule has 1 spiro atoms. The summed E-state index contributed by atoms with van der Waals surface area (Å²) >= 11 is 0. The molecular formula is C23H34N4O. The first-order valence-electron chi connectivity index (χ1n) is 11.2. The van der Waals surface area contributed by atoms with E-state index in [9.17, 15) is 0 Å². The number of ether oxygens (including phenoxy) is 1. The molecule has 2 saturated carbocycles. The normalized spacial score (nSPS) is 32.2. The van der Waals surface area contributed by atoms with Crippen LogP contribution in [-0.2, 0) is 4.74 Å². The predicted molar refractivity (Wildman–Crippen MR) is 114 cm³/mol. The van der Waals surface area contributed by atoms with Gasteiger partial charge in [0.25, 0.3) is 0 Å². The van der Waals surface area contributed by atoms with Gasteiger partial charge in [0.1, 0.15) is 0 Å². The third-order valence-electron chi connectivity index (χ3n) is 7.76. The number of para-hydroxylation sites is 1. The number of fused-ring (bicyclic) bond motifs is 2. The number of nitrogens with zero attached hydrogens (tertiary/aromatic N) is 2. The molecule has 28 heavy (non-hydrogen) atoms. The van der Waals surface area contributed by atoms with Crippen molar-refractivity contribution in [3.63, 3.8) is 0 Å². The molecule has 0 aromatic heterocycles. The largest absolute Gasteiger partial charge is 0.377 e. The molecule has 5 rings (SSSR count). The van der Waals surface area contributed by atoms with Crippen LogP contribution in [0.15, 0.2) is 35.3 Å². The topological polar surface area (TPSA) is 48.9 Å². The Hall–Kier alpha value is -1.75. The van der Waals surface area contributed by atoms with Crippen LogP contribution in [0.25, 0.3) is 0 Å². The minimum atomic E-state index is 0.370. The lowest BCUT2D eigenvalue weighted by molar-refractivity contribution is -0.125. The van der Waals surface area contributed by atoms with Crippen molar-refractivity contribution in [1.29, 1.82) is 0 Å². The van der Waals surface area contributed by atoms with Gasteiger partial charge in [-0.1, -0.05) is 31.0 Å². The Morgan fingerprint density at radius 2 is 1.82 bits per heavy atom. The molecule has 2 saturated heterocycles. The second kappa shape index (κ2) is 7.58. The van der Waals surface area contributed by atoms with Crippen molar-refractivity contribution < 1.29 is 4.74 Å². The van der Waals surface area contributed by atoms with E-state index in [1.807, 2.05) is 7.05 Å². The lowest BCUT2D eigenvalue weighted by Gasteiger charge is -2.57. The van der Waals surface area contributed by atoms with Crippen molar-refractivity contribution in [2.45, 2.75) is 63.1 Å². The molecule has 0 bridgehead atoms. The SMILES string of the molecule is CN=C(NC1CCN(c2ccccc2)CC1)NC1C2CCOC2C12CCCC2. The number of aliphatic imine (C=N–C) groups is 1. The maximum Gasteiger partial charge on any atom is 0.191 e. The van der Waals surface area contributed by atoms with Gasteiger partial charge in [-0.2, -0.15) is 0 Å². The van der Waals surface area contributed by atoms with E-state index in [2.05, 4.69) is 50.9 Å². The van der Waals surface area contributed by atoms with Crippen molar-refractivity contribution in [3.05, 3.63) is 30.3 Å². The summed E-state index contributed by atoms with van der Waals surface area (Å²) in [7, 11) is 1.91. The summed E-state index contributed by atoms with van der Waals surface area (Å²) in [5.74, 6) is 1.68. The first-order valence-corrected chi connectivity index (χ1v) is 11.2. The first-order chi connectivity index (χ1) is 13.8. The van der Waals surface area contributed by atoms with Crippen molar-refractivity contribution in [2.24, 2.45) is 16.3 Å². The average molecular weight is 383 g/mol. The second-order valence-corrected chi connectivity index (χ2v) is 9.12. The van der Waals surface area contributed by atoms with Gasteiger partial charge >= 0.3 is 0 Å². The summed E-state index contributed by atoms with van der Waals surface area (Å²) < 4.78 is 6.13. The van der Waals surface area contributed by atoms with Crippen molar-refractivity contribution >= 4 is 11.6 Å². The van der Waals surface area contributed by atoms with E-state index in [-0.39, 0.29) is 0 Å². The number of nitrogens with one attached hydrogen (secondary N) is 2. The Labute approximate surface area is 168 Å². The summed E-state index contributed by atoms with van der Waals surface area (Å²) in [6.45, 7) is 3.15. The zero-order valence-electron chi connectivity index (χ0n) is 17.1. The zero-order chi connectivity index (χ0) is 19.0. The summed E-state index contributed by atoms with van der Waals surface area (Å²) in [4.78, 5) is 7.08. The van der Waals surface area contributed by atoms with E-state index in [1.54, 1.807) is 0 Å². The third-order valence-corrected chi connectivity index (χ3v) is 7.76. The summed E-state index contributed by atoms with van der Waals surface area (Å²) in [5.41, 5.74) is 1.71. The number of rotatable bonds is 3. The zero-order valence-corrected chi connectivity index (χ0v) is 17.1. The van der Waals surface area contributed by atoms with Gasteiger partial charge in [-0.05, 0) is 44.2 Å². The van der Waals surface area contributed by atoms with Gasteiger partial charge in [0.2, 0.25) is 0 Å². The molecule has 5 nitrogen and oxygen atoms in total. The van der Waals surface area contributed by atoms with E-state index in [4.69, 9.17) is 4.74 Å². The molecular weight excluding hydrogens is 348 g/mol. The van der Waals surface area contributed by atoms with Crippen molar-refractivity contribution in [1.82, 2.24) is 10.6 Å². The maximum absolute atomic E-state index is 6.13. The molecule has 4 fully saturated rings. The molecule has 4 aliphatic rings. The number of hydrogen-bond donors (Lipinski definition) is 2. The number of guanidine groups is 1. The van der Waals surface area contributed by atoms with Gasteiger partial charge in [0, 0.05) is 55.8 Å². The lowest BCUT2D eigenvalue weighted by atomic mass is 9.54. The van der Waals surface area contributed by atoms with Gasteiger partial charge < -0.3 is 20.3 Å². The van der Waals surface area contributed by atoms with Crippen LogP contribution in [0.2, 0.25) is 0 Å². The number of hydrogen-bond acceptors (Lipinski definition) is 3. The molecule has 5 heteroatoms. The highest BCUT2D eigenvalue weighted by Crippen LogP contribution is 2.60. The van der Waals surface area contributed by atoms with E-state index < -0.39 is 0 Å². The fraction of sp³-hybridized carbons (Fsp3) is 0.696. The van der Waals surface area contributed by atoms with E-state index in [1.165, 1.54) is 37.8 Å². The van der Waals surface area contributed by atoms with Crippen LogP contribution >= 0.6 is 0 Å². The first kappa shape index (κ1) is 18.3. The monoisotopic (exact) mass is 382 g/mol. The van der Waals surface area contributed by atoms with Crippen LogP contribution < -0.4 is 15.5 Å². The minimum Gasteiger partial charge on any atom is -0.377 e. The Morgan fingerprint density at radius 3 is 2.54 bits per heavy atom. The quantitative estimate of drug-likeness (QED) is 0.623. The fourth-order valence-electron chi connectivity index (χ4n) is 6.34. The van der Waals surface area contributed by atoms with E-state index in [0.717, 1.165) is 38.5 Å². The van der Waals surface area contributed by atoms with Crippen molar-refractivity contribution in [2.75, 3.05) is 31.6 Å². The van der Waals surface area contributed by atoms with Crippen LogP contribution in [0.4, 0.5) is 5.69 Å². The molecule has 0 amide bonds. The summed E-state index contributed by atoms with van der Waals surface area (Å²) in [6.07, 6.45) is 9.36. The van der Waals surface area contributed by atoms with Crippen LogP contribution in [0.5, 0.6) is 0 Å². The molecule has 1 aromatic rings. The average Bonchev–Trinajstić information content (AvgIpc) is 3.41. The highest BCUT2D eigenvalue weighted by atomic mass is 16.5. The molecule has 2 N–H and O–H groups in total. The summed E-state index contributed by atoms with van der Waals surface area (Å²) in [5, 5.41) is 7.58. The molecule has 2 aliphatic heterocycles. The molecule has 3 unspecified atom stereocenters. The minimum absolute atomic E-state index is 0.370. The van der Waals surface area contributed by atoms with Crippen LogP contribution in [0.1, 0.15) is 44.9 Å². The molecule has 0 radical (unpaired) electrons. The Balaban J connectivity index is 1.18. The number of piperidine rings is 1. The van der Waals surface area contributed by atoms with Crippen LogP contribution in [0, 0.1) is 11.3 Å². The molecule has 2 heterocycles. The third kappa shape index (κ3) is 3.08. The Morgan fingerprint density at radius 1 is 1.07 bits per heavy atom. The van der Waals surface area contributed by atoms with Crippen LogP contribution in [-0.4, -0.2) is 50.9 Å². The van der Waals surface area contributed by atoms with Gasteiger partial charge in [-0.25, -0.2) is 0 Å². The molecule has 152 valence electrons. The standard InChI is InChI=1S/C23H34N4O/c1-24-22(25-17-9-14-27(15-10-17)18-7-3-2-4-8-18)26-20-19-11-16-28-21(19)23(20)12-5-6-13-23/h2-4,7-8,17,19-21H,5-6,9-16H2,1H3,(H2,24,25,26). The molecule has 3 atom stereocenters. The van der Waals surface area contributed by atoms with Gasteiger partial charge in [-0.3, -0.25) is 4.99 Å². The summed E-state index contributed by atoms with van der Waals surface area (Å²) in [6, 6.07) is 11.8. The Bertz CT molecular complexity index is 692. The van der Waals surface area contributed by atoms with E-state index >= 15 is 0 Å². The highest BCUT2D eigenvalue weighted by molar-refractivity contribution is 5.80. The fourth-order valence-corrected chi connectivity index (χ4v) is 6.34. The number of benzene rings is 1. The van der Waals surface area contributed by atoms with Gasteiger partial charge in [0.05, 0.1) is 6.10 Å². The van der Waals surface area contributed by atoms with Gasteiger partial charge in [-0.15, -0.1) is 0 Å². The van der Waals surface area contributed by atoms with Crippen molar-refractivity contribution in [3.8, 4) is 0 Å². The number of anilines is 1. The maximum atomic E-state index is 6.13. The molecule has 2 aliphatic carbocycles. The second-order valence-electron chi connectivity index (χ2n) is 9.12. The van der Waals surface area contributed by atoms with Crippen LogP contribution in [0.3, 0.4) is 0 Å². The smallest absolute Gasteiger partial charge is 0.191 e. The predicted octanol–water partition coefficient (Wildman–Crippen LogP) is 3.17. The van der Waals surface area contributed by atoms with E-state index in [0.29, 0.717) is 29.5 Å². The van der Waals surface area contributed by atoms with Gasteiger partial charge in [0.15, 0.2) is 5.96 Å². The highest BCUT2D eigenvalue weighted by Gasteiger charge is 2.65. The Kier molecular flexibility index (Phi) is 4.95. The lowest BCUT2D eigenvalue weighted by Crippen LogP contribution is -2.69. The molecule has 1 aromatic carbocycles.